The van der Waals surface area contributed by atoms with Gasteiger partial charge in [0.25, 0.3) is 5.91 Å². The molecule has 23 heavy (non-hydrogen) atoms. The average Bonchev–Trinajstić information content (AvgIpc) is 2.96. The van der Waals surface area contributed by atoms with E-state index < -0.39 is 0 Å². The number of ether oxygens (including phenoxy) is 1. The van der Waals surface area contributed by atoms with Crippen molar-refractivity contribution in [3.05, 3.63) is 17.0 Å². The van der Waals surface area contributed by atoms with Gasteiger partial charge in [0.2, 0.25) is 0 Å². The summed E-state index contributed by atoms with van der Waals surface area (Å²) in [6.45, 7) is 6.69. The number of aromatic nitrogens is 1. The smallest absolute Gasteiger partial charge is 0.273 e. The molecule has 0 spiro atoms. The number of hydrogen-bond donors (Lipinski definition) is 2. The first-order valence-electron chi connectivity index (χ1n) is 8.73. The first-order valence-corrected chi connectivity index (χ1v) is 8.73. The molecule has 1 aliphatic carbocycles. The predicted molar refractivity (Wildman–Crippen MR) is 86.5 cm³/mol. The summed E-state index contributed by atoms with van der Waals surface area (Å²) in [6.07, 6.45) is 4.99. The van der Waals surface area contributed by atoms with E-state index in [4.69, 9.17) is 9.26 Å². The van der Waals surface area contributed by atoms with Crippen molar-refractivity contribution in [1.29, 1.82) is 0 Å². The zero-order valence-electron chi connectivity index (χ0n) is 14.1. The van der Waals surface area contributed by atoms with Gasteiger partial charge in [0.15, 0.2) is 5.69 Å². The second kappa shape index (κ2) is 7.45. The number of aryl methyl sites for hydroxylation is 1. The average molecular weight is 321 g/mol. The summed E-state index contributed by atoms with van der Waals surface area (Å²) in [7, 11) is 0. The van der Waals surface area contributed by atoms with Crippen LogP contribution in [0.2, 0.25) is 0 Å². The van der Waals surface area contributed by atoms with E-state index in [0.717, 1.165) is 63.2 Å². The van der Waals surface area contributed by atoms with Crippen molar-refractivity contribution in [2.75, 3.05) is 19.8 Å². The van der Waals surface area contributed by atoms with Crippen LogP contribution in [0, 0.1) is 5.92 Å². The van der Waals surface area contributed by atoms with Crippen LogP contribution in [0.15, 0.2) is 4.52 Å². The van der Waals surface area contributed by atoms with Crippen LogP contribution in [0.5, 0.6) is 0 Å². The molecule has 128 valence electrons. The SMILES string of the molecule is CC(C)NC(=O)c1noc2c1CC(NCC1CCOCC1)CC2. The molecule has 1 fully saturated rings. The fourth-order valence-electron chi connectivity index (χ4n) is 3.37. The van der Waals surface area contributed by atoms with Crippen LogP contribution < -0.4 is 10.6 Å². The minimum absolute atomic E-state index is 0.0980. The lowest BCUT2D eigenvalue weighted by Crippen LogP contribution is -2.39. The number of carbonyl (C=O) groups is 1. The molecular weight excluding hydrogens is 294 g/mol. The van der Waals surface area contributed by atoms with Crippen LogP contribution in [0.25, 0.3) is 0 Å². The van der Waals surface area contributed by atoms with Gasteiger partial charge in [-0.25, -0.2) is 0 Å². The molecule has 1 saturated heterocycles. The Bertz CT molecular complexity index is 535. The van der Waals surface area contributed by atoms with E-state index >= 15 is 0 Å². The molecule has 3 rings (SSSR count). The van der Waals surface area contributed by atoms with Gasteiger partial charge in [0.1, 0.15) is 5.76 Å². The number of amides is 1. The lowest BCUT2D eigenvalue weighted by Gasteiger charge is -2.27. The molecule has 2 aliphatic rings. The first kappa shape index (κ1) is 16.5. The molecule has 1 aromatic heterocycles. The lowest BCUT2D eigenvalue weighted by molar-refractivity contribution is 0.0652. The van der Waals surface area contributed by atoms with E-state index in [-0.39, 0.29) is 11.9 Å². The topological polar surface area (TPSA) is 76.4 Å². The normalized spacial score (nSPS) is 22.1. The fourth-order valence-corrected chi connectivity index (χ4v) is 3.37. The van der Waals surface area contributed by atoms with Gasteiger partial charge < -0.3 is 19.9 Å². The van der Waals surface area contributed by atoms with E-state index in [9.17, 15) is 4.79 Å². The standard InChI is InChI=1S/C17H27N3O3/c1-11(2)19-17(21)16-14-9-13(3-4-15(14)23-20-16)18-10-12-5-7-22-8-6-12/h11-13,18H,3-10H2,1-2H3,(H,19,21). The van der Waals surface area contributed by atoms with E-state index in [0.29, 0.717) is 17.7 Å². The highest BCUT2D eigenvalue weighted by Crippen LogP contribution is 2.25. The number of fused-ring (bicyclic) bond motifs is 1. The van der Waals surface area contributed by atoms with Crippen LogP contribution in [-0.4, -0.2) is 42.9 Å². The third-order valence-electron chi connectivity index (χ3n) is 4.71. The number of nitrogens with zero attached hydrogens (tertiary/aromatic N) is 1. The highest BCUT2D eigenvalue weighted by Gasteiger charge is 2.29. The molecule has 6 nitrogen and oxygen atoms in total. The number of rotatable bonds is 5. The number of carbonyl (C=O) groups excluding carboxylic acids is 1. The first-order chi connectivity index (χ1) is 11.1. The summed E-state index contributed by atoms with van der Waals surface area (Å²) < 4.78 is 10.8. The third kappa shape index (κ3) is 4.12. The van der Waals surface area contributed by atoms with Crippen molar-refractivity contribution in [2.45, 2.75) is 58.0 Å². The Labute approximate surface area is 137 Å². The zero-order chi connectivity index (χ0) is 16.2. The monoisotopic (exact) mass is 321 g/mol. The molecule has 2 N–H and O–H groups in total. The molecule has 0 saturated carbocycles. The molecule has 0 bridgehead atoms. The second-order valence-corrected chi connectivity index (χ2v) is 6.96. The molecule has 1 atom stereocenters. The van der Waals surface area contributed by atoms with E-state index in [1.54, 1.807) is 0 Å². The molecule has 0 aromatic carbocycles. The van der Waals surface area contributed by atoms with E-state index in [1.165, 1.54) is 0 Å². The largest absolute Gasteiger partial charge is 0.381 e. The van der Waals surface area contributed by atoms with Crippen molar-refractivity contribution in [3.8, 4) is 0 Å². The summed E-state index contributed by atoms with van der Waals surface area (Å²) >= 11 is 0. The highest BCUT2D eigenvalue weighted by atomic mass is 16.5. The molecule has 2 heterocycles. The predicted octanol–water partition coefficient (Wildman–Crippen LogP) is 1.69. The van der Waals surface area contributed by atoms with Gasteiger partial charge in [0.05, 0.1) is 0 Å². The quantitative estimate of drug-likeness (QED) is 0.863. The van der Waals surface area contributed by atoms with Gasteiger partial charge in [-0.1, -0.05) is 5.16 Å². The molecule has 1 aromatic rings. The molecule has 1 unspecified atom stereocenters. The second-order valence-electron chi connectivity index (χ2n) is 6.96. The highest BCUT2D eigenvalue weighted by molar-refractivity contribution is 5.94. The van der Waals surface area contributed by atoms with Crippen LogP contribution >= 0.6 is 0 Å². The lowest BCUT2D eigenvalue weighted by atomic mass is 9.91. The maximum Gasteiger partial charge on any atom is 0.273 e. The maximum absolute atomic E-state index is 12.2. The van der Waals surface area contributed by atoms with Gasteiger partial charge >= 0.3 is 0 Å². The van der Waals surface area contributed by atoms with Gasteiger partial charge in [-0.2, -0.15) is 0 Å². The fraction of sp³-hybridized carbons (Fsp3) is 0.765. The van der Waals surface area contributed by atoms with Crippen molar-refractivity contribution >= 4 is 5.91 Å². The Balaban J connectivity index is 1.58. The molecule has 0 radical (unpaired) electrons. The van der Waals surface area contributed by atoms with Crippen molar-refractivity contribution in [3.63, 3.8) is 0 Å². The Hall–Kier alpha value is -1.40. The minimum atomic E-state index is -0.130. The summed E-state index contributed by atoms with van der Waals surface area (Å²) in [6, 6.07) is 0.497. The van der Waals surface area contributed by atoms with Crippen LogP contribution in [0.1, 0.15) is 54.9 Å². The maximum atomic E-state index is 12.2. The molecule has 6 heteroatoms. The van der Waals surface area contributed by atoms with Gasteiger partial charge in [-0.15, -0.1) is 0 Å². The molecule has 1 amide bonds. The number of nitrogens with one attached hydrogen (secondary N) is 2. The third-order valence-corrected chi connectivity index (χ3v) is 4.71. The summed E-state index contributed by atoms with van der Waals surface area (Å²) in [4.78, 5) is 12.2. The van der Waals surface area contributed by atoms with Crippen molar-refractivity contribution in [2.24, 2.45) is 5.92 Å². The summed E-state index contributed by atoms with van der Waals surface area (Å²) in [5, 5.41) is 10.6. The van der Waals surface area contributed by atoms with E-state index in [2.05, 4.69) is 15.8 Å². The van der Waals surface area contributed by atoms with E-state index in [1.807, 2.05) is 13.8 Å². The van der Waals surface area contributed by atoms with Crippen LogP contribution in [-0.2, 0) is 17.6 Å². The minimum Gasteiger partial charge on any atom is -0.381 e. The summed E-state index contributed by atoms with van der Waals surface area (Å²) in [5.74, 6) is 1.45. The van der Waals surface area contributed by atoms with Gasteiger partial charge in [0, 0.05) is 37.3 Å². The zero-order valence-corrected chi connectivity index (χ0v) is 14.1. The Morgan fingerprint density at radius 2 is 2.09 bits per heavy atom. The Morgan fingerprint density at radius 3 is 2.83 bits per heavy atom. The molecular formula is C17H27N3O3. The van der Waals surface area contributed by atoms with Gasteiger partial charge in [-0.05, 0) is 52.0 Å². The summed E-state index contributed by atoms with van der Waals surface area (Å²) in [5.41, 5.74) is 1.45. The van der Waals surface area contributed by atoms with Crippen LogP contribution in [0.4, 0.5) is 0 Å². The number of hydrogen-bond acceptors (Lipinski definition) is 5. The Kier molecular flexibility index (Phi) is 5.33. The van der Waals surface area contributed by atoms with Gasteiger partial charge in [-0.3, -0.25) is 4.79 Å². The molecule has 1 aliphatic heterocycles. The van der Waals surface area contributed by atoms with Crippen molar-refractivity contribution in [1.82, 2.24) is 15.8 Å². The van der Waals surface area contributed by atoms with Crippen LogP contribution in [0.3, 0.4) is 0 Å². The Morgan fingerprint density at radius 1 is 1.30 bits per heavy atom. The van der Waals surface area contributed by atoms with Crippen molar-refractivity contribution < 1.29 is 14.1 Å².